The van der Waals surface area contributed by atoms with Crippen LogP contribution in [-0.2, 0) is 13.0 Å². The molecule has 0 radical (unpaired) electrons. The summed E-state index contributed by atoms with van der Waals surface area (Å²) in [7, 11) is 0. The molecule has 1 fully saturated rings. The third-order valence-electron chi connectivity index (χ3n) is 6.95. The fourth-order valence-corrected chi connectivity index (χ4v) is 5.67. The van der Waals surface area contributed by atoms with Crippen LogP contribution in [0.1, 0.15) is 46.9 Å². The number of benzene rings is 2. The van der Waals surface area contributed by atoms with E-state index in [9.17, 15) is 0 Å². The quantitative estimate of drug-likeness (QED) is 0.182. The van der Waals surface area contributed by atoms with Crippen molar-refractivity contribution >= 4 is 22.9 Å². The first-order chi connectivity index (χ1) is 17.8. The summed E-state index contributed by atoms with van der Waals surface area (Å²) in [5.74, 6) is 0.102. The van der Waals surface area contributed by atoms with Gasteiger partial charge < -0.3 is 21.3 Å². The van der Waals surface area contributed by atoms with Gasteiger partial charge in [-0.3, -0.25) is 5.41 Å². The van der Waals surface area contributed by atoms with Gasteiger partial charge in [0.05, 0.1) is 12.6 Å². The van der Waals surface area contributed by atoms with Crippen LogP contribution in [0.15, 0.2) is 97.2 Å². The van der Waals surface area contributed by atoms with Crippen molar-refractivity contribution in [2.75, 3.05) is 6.54 Å². The number of likely N-dealkylation sites (tertiary alicyclic amines) is 1. The summed E-state index contributed by atoms with van der Waals surface area (Å²) >= 11 is 1.60. The van der Waals surface area contributed by atoms with Crippen molar-refractivity contribution in [3.05, 3.63) is 124 Å². The molecule has 0 bridgehead atoms. The molecule has 5 nitrogen and oxygen atoms in total. The highest BCUT2D eigenvalue weighted by molar-refractivity contribution is 7.10. The van der Waals surface area contributed by atoms with E-state index in [1.165, 1.54) is 11.1 Å². The standard InChI is InChI=1S/C31H37N5S/c1-21-10-15-30(24(4)35-19-29-17-28(20-37-29)31(32)33)36(21)22(2)18-34-23(3)27-13-11-26(12-14-27)16-25-8-6-5-7-9-25/h5-9,11-14,17,20-21,30,34-35H,2-4,10,15-16,18-19H2,1H3,(H3,32,33). The molecule has 5 N–H and O–H groups in total. The van der Waals surface area contributed by atoms with Crippen molar-refractivity contribution in [2.24, 2.45) is 5.73 Å². The maximum Gasteiger partial charge on any atom is 0.123 e. The first-order valence-corrected chi connectivity index (χ1v) is 13.6. The van der Waals surface area contributed by atoms with Crippen LogP contribution >= 0.6 is 11.3 Å². The molecular formula is C31H37N5S. The van der Waals surface area contributed by atoms with Crippen LogP contribution in [0.5, 0.6) is 0 Å². The summed E-state index contributed by atoms with van der Waals surface area (Å²) < 4.78 is 0. The molecule has 0 spiro atoms. The molecule has 192 valence electrons. The smallest absolute Gasteiger partial charge is 0.123 e. The van der Waals surface area contributed by atoms with Gasteiger partial charge in [0.1, 0.15) is 5.84 Å². The lowest BCUT2D eigenvalue weighted by Crippen LogP contribution is -2.40. The second kappa shape index (κ2) is 12.0. The van der Waals surface area contributed by atoms with Gasteiger partial charge >= 0.3 is 0 Å². The Labute approximate surface area is 224 Å². The lowest BCUT2D eigenvalue weighted by atomic mass is 10.0. The maximum atomic E-state index is 7.59. The largest absolute Gasteiger partial charge is 0.384 e. The lowest BCUT2D eigenvalue weighted by Gasteiger charge is -2.34. The molecule has 0 aliphatic carbocycles. The van der Waals surface area contributed by atoms with E-state index in [1.54, 1.807) is 11.3 Å². The van der Waals surface area contributed by atoms with Gasteiger partial charge in [-0.05, 0) is 48.9 Å². The molecular weight excluding hydrogens is 474 g/mol. The number of hydrogen-bond donors (Lipinski definition) is 4. The Bertz CT molecular complexity index is 1260. The summed E-state index contributed by atoms with van der Waals surface area (Å²) in [5, 5.41) is 16.5. The van der Waals surface area contributed by atoms with Gasteiger partial charge in [-0.25, -0.2) is 0 Å². The van der Waals surface area contributed by atoms with Crippen LogP contribution in [0.3, 0.4) is 0 Å². The number of nitrogen functional groups attached to an aromatic ring is 1. The van der Waals surface area contributed by atoms with E-state index in [1.807, 2.05) is 17.5 Å². The van der Waals surface area contributed by atoms with Crippen molar-refractivity contribution in [3.8, 4) is 0 Å². The molecule has 2 heterocycles. The second-order valence-electron chi connectivity index (χ2n) is 9.70. The first-order valence-electron chi connectivity index (χ1n) is 12.7. The van der Waals surface area contributed by atoms with E-state index < -0.39 is 0 Å². The fourth-order valence-electron chi connectivity index (χ4n) is 4.85. The van der Waals surface area contributed by atoms with Gasteiger partial charge in [0.2, 0.25) is 0 Å². The van der Waals surface area contributed by atoms with Gasteiger partial charge in [-0.15, -0.1) is 11.3 Å². The lowest BCUT2D eigenvalue weighted by molar-refractivity contribution is 0.277. The molecule has 6 heteroatoms. The van der Waals surface area contributed by atoms with E-state index in [4.69, 9.17) is 11.1 Å². The molecule has 37 heavy (non-hydrogen) atoms. The summed E-state index contributed by atoms with van der Waals surface area (Å²) in [6, 6.07) is 21.7. The summed E-state index contributed by atoms with van der Waals surface area (Å²) in [6.45, 7) is 16.6. The van der Waals surface area contributed by atoms with Crippen molar-refractivity contribution in [3.63, 3.8) is 0 Å². The predicted octanol–water partition coefficient (Wildman–Crippen LogP) is 5.85. The SMILES string of the molecule is C=C(NCC(=C)N1C(C)CCC1C(=C)NCc1cc(C(=N)N)cs1)c1ccc(Cc2ccccc2)cc1. The number of thiophene rings is 1. The van der Waals surface area contributed by atoms with Crippen LogP contribution in [0.25, 0.3) is 5.70 Å². The van der Waals surface area contributed by atoms with Crippen molar-refractivity contribution in [2.45, 2.75) is 44.8 Å². The third kappa shape index (κ3) is 6.71. The number of amidine groups is 1. The topological polar surface area (TPSA) is 77.2 Å². The molecule has 0 saturated carbocycles. The Balaban J connectivity index is 1.29. The number of hydrogen-bond acceptors (Lipinski definition) is 5. The number of nitrogens with zero attached hydrogens (tertiary/aromatic N) is 1. The zero-order chi connectivity index (χ0) is 26.4. The minimum atomic E-state index is 0.102. The van der Waals surface area contributed by atoms with E-state index >= 15 is 0 Å². The molecule has 1 aromatic heterocycles. The summed E-state index contributed by atoms with van der Waals surface area (Å²) in [6.07, 6.45) is 3.06. The third-order valence-corrected chi connectivity index (χ3v) is 7.89. The maximum absolute atomic E-state index is 7.59. The van der Waals surface area contributed by atoms with E-state index in [-0.39, 0.29) is 11.9 Å². The average molecular weight is 512 g/mol. The van der Waals surface area contributed by atoms with Crippen LogP contribution in [0.2, 0.25) is 0 Å². The van der Waals surface area contributed by atoms with Crippen molar-refractivity contribution < 1.29 is 0 Å². The Hall–Kier alpha value is -3.77. The van der Waals surface area contributed by atoms with Crippen LogP contribution in [0.4, 0.5) is 0 Å². The van der Waals surface area contributed by atoms with Gasteiger partial charge in [0.15, 0.2) is 0 Å². The Morgan fingerprint density at radius 3 is 2.38 bits per heavy atom. The molecule has 3 aromatic rings. The van der Waals surface area contributed by atoms with Crippen LogP contribution in [-0.4, -0.2) is 29.4 Å². The second-order valence-corrected chi connectivity index (χ2v) is 10.7. The van der Waals surface area contributed by atoms with E-state index in [0.717, 1.165) is 52.4 Å². The summed E-state index contributed by atoms with van der Waals surface area (Å²) in [5.41, 5.74) is 13.0. The highest BCUT2D eigenvalue weighted by Crippen LogP contribution is 2.31. The normalized spacial score (nSPS) is 16.8. The van der Waals surface area contributed by atoms with Gasteiger partial charge in [0, 0.05) is 45.5 Å². The molecule has 1 aliphatic rings. The van der Waals surface area contributed by atoms with Gasteiger partial charge in [-0.2, -0.15) is 0 Å². The summed E-state index contributed by atoms with van der Waals surface area (Å²) in [4.78, 5) is 3.52. The highest BCUT2D eigenvalue weighted by Gasteiger charge is 2.33. The first kappa shape index (κ1) is 26.3. The number of nitrogens with two attached hydrogens (primary N) is 1. The zero-order valence-corrected chi connectivity index (χ0v) is 22.4. The molecule has 1 saturated heterocycles. The van der Waals surface area contributed by atoms with Crippen molar-refractivity contribution in [1.29, 1.82) is 5.41 Å². The molecule has 4 rings (SSSR count). The van der Waals surface area contributed by atoms with Crippen molar-refractivity contribution in [1.82, 2.24) is 15.5 Å². The number of nitrogens with one attached hydrogen (secondary N) is 3. The highest BCUT2D eigenvalue weighted by atomic mass is 32.1. The molecule has 0 amide bonds. The Morgan fingerprint density at radius 1 is 1.00 bits per heavy atom. The zero-order valence-electron chi connectivity index (χ0n) is 21.6. The van der Waals surface area contributed by atoms with Crippen LogP contribution in [0, 0.1) is 5.41 Å². The number of rotatable bonds is 12. The minimum Gasteiger partial charge on any atom is -0.384 e. The van der Waals surface area contributed by atoms with Gasteiger partial charge in [-0.1, -0.05) is 74.3 Å². The fraction of sp³-hybridized carbons (Fsp3) is 0.258. The molecule has 2 atom stereocenters. The van der Waals surface area contributed by atoms with Crippen LogP contribution < -0.4 is 16.4 Å². The Kier molecular flexibility index (Phi) is 8.51. The molecule has 1 aliphatic heterocycles. The van der Waals surface area contributed by atoms with Gasteiger partial charge in [0.25, 0.3) is 0 Å². The Morgan fingerprint density at radius 2 is 1.70 bits per heavy atom. The minimum absolute atomic E-state index is 0.102. The monoisotopic (exact) mass is 511 g/mol. The average Bonchev–Trinajstić information content (AvgIpc) is 3.54. The molecule has 2 unspecified atom stereocenters. The van der Waals surface area contributed by atoms with E-state index in [2.05, 4.69) is 90.7 Å². The van der Waals surface area contributed by atoms with E-state index in [0.29, 0.717) is 19.1 Å². The molecule has 2 aromatic carbocycles. The predicted molar refractivity (Wildman–Crippen MR) is 158 cm³/mol.